The molecule has 2 aromatic rings. The van der Waals surface area contributed by atoms with Crippen molar-refractivity contribution in [2.45, 2.75) is 18.7 Å². The van der Waals surface area contributed by atoms with Crippen LogP contribution in [0.3, 0.4) is 0 Å². The molecule has 2 rings (SSSR count). The topological polar surface area (TPSA) is 61.4 Å². The smallest absolute Gasteiger partial charge is 0.269 e. The molecule has 6 heteroatoms. The zero-order valence-corrected chi connectivity index (χ0v) is 15.7. The lowest BCUT2D eigenvalue weighted by atomic mass is 10.2. The first-order valence-electron chi connectivity index (χ1n) is 7.93. The molecule has 0 heterocycles. The molecule has 0 saturated carbocycles. The van der Waals surface area contributed by atoms with Gasteiger partial charge >= 0.3 is 0 Å². The predicted octanol–water partition coefficient (Wildman–Crippen LogP) is 2.92. The summed E-state index contributed by atoms with van der Waals surface area (Å²) in [5, 5.41) is 0. The van der Waals surface area contributed by atoms with Gasteiger partial charge in [-0.15, -0.1) is 11.8 Å². The van der Waals surface area contributed by atoms with Gasteiger partial charge in [0.1, 0.15) is 0 Å². The summed E-state index contributed by atoms with van der Waals surface area (Å²) >= 11 is 1.45. The second-order valence-corrected chi connectivity index (χ2v) is 7.02. The highest BCUT2D eigenvalue weighted by Gasteiger charge is 2.09. The standard InChI is InChI=1S/C19H23N3O2S/c1-13-8-9-14(2)17(10-13)25-12-18(23)20-21-19(24)15-6-5-7-16(11-15)22(3)4/h5-11H,12H2,1-4H3,(H,20,23)(H,21,24). The van der Waals surface area contributed by atoms with E-state index in [0.717, 1.165) is 21.7 Å². The number of thioether (sulfide) groups is 1. The van der Waals surface area contributed by atoms with Gasteiger partial charge in [0.2, 0.25) is 5.91 Å². The normalized spacial score (nSPS) is 10.2. The number of hydrogen-bond acceptors (Lipinski definition) is 4. The fourth-order valence-corrected chi connectivity index (χ4v) is 3.09. The third kappa shape index (κ3) is 5.53. The van der Waals surface area contributed by atoms with Crippen LogP contribution in [0.15, 0.2) is 47.4 Å². The third-order valence-corrected chi connectivity index (χ3v) is 4.80. The summed E-state index contributed by atoms with van der Waals surface area (Å²) in [6.45, 7) is 4.03. The molecule has 0 aliphatic heterocycles. The molecule has 132 valence electrons. The summed E-state index contributed by atoms with van der Waals surface area (Å²) in [6, 6.07) is 13.3. The molecule has 0 atom stereocenters. The molecule has 0 radical (unpaired) electrons. The van der Waals surface area contributed by atoms with Crippen LogP contribution in [0.1, 0.15) is 21.5 Å². The van der Waals surface area contributed by atoms with Crippen LogP contribution in [0.2, 0.25) is 0 Å². The van der Waals surface area contributed by atoms with E-state index in [9.17, 15) is 9.59 Å². The number of anilines is 1. The number of rotatable bonds is 5. The highest BCUT2D eigenvalue weighted by atomic mass is 32.2. The zero-order valence-electron chi connectivity index (χ0n) is 14.9. The van der Waals surface area contributed by atoms with Gasteiger partial charge in [-0.25, -0.2) is 0 Å². The van der Waals surface area contributed by atoms with E-state index in [0.29, 0.717) is 5.56 Å². The Balaban J connectivity index is 1.86. The Morgan fingerprint density at radius 3 is 2.52 bits per heavy atom. The lowest BCUT2D eigenvalue weighted by molar-refractivity contribution is -0.119. The third-order valence-electron chi connectivity index (χ3n) is 3.64. The van der Waals surface area contributed by atoms with Crippen LogP contribution in [-0.4, -0.2) is 31.7 Å². The SMILES string of the molecule is Cc1ccc(C)c(SCC(=O)NNC(=O)c2cccc(N(C)C)c2)c1. The number of aryl methyl sites for hydroxylation is 2. The Bertz CT molecular complexity index is 775. The predicted molar refractivity (Wildman–Crippen MR) is 103 cm³/mol. The van der Waals surface area contributed by atoms with Gasteiger partial charge < -0.3 is 4.90 Å². The van der Waals surface area contributed by atoms with E-state index in [1.54, 1.807) is 12.1 Å². The first-order valence-corrected chi connectivity index (χ1v) is 8.92. The number of amides is 2. The lowest BCUT2D eigenvalue weighted by Gasteiger charge is -2.13. The molecule has 2 amide bonds. The first-order chi connectivity index (χ1) is 11.9. The summed E-state index contributed by atoms with van der Waals surface area (Å²) < 4.78 is 0. The van der Waals surface area contributed by atoms with Crippen molar-refractivity contribution in [3.8, 4) is 0 Å². The van der Waals surface area contributed by atoms with Crippen molar-refractivity contribution in [2.24, 2.45) is 0 Å². The van der Waals surface area contributed by atoms with Crippen molar-refractivity contribution in [3.63, 3.8) is 0 Å². The number of carbonyl (C=O) groups excluding carboxylic acids is 2. The van der Waals surface area contributed by atoms with Gasteiger partial charge in [-0.3, -0.25) is 20.4 Å². The first kappa shape index (κ1) is 18.9. The second kappa shape index (κ2) is 8.58. The van der Waals surface area contributed by atoms with Crippen molar-refractivity contribution in [3.05, 3.63) is 59.2 Å². The van der Waals surface area contributed by atoms with Crippen LogP contribution >= 0.6 is 11.8 Å². The van der Waals surface area contributed by atoms with E-state index < -0.39 is 0 Å². The molecule has 2 aromatic carbocycles. The van der Waals surface area contributed by atoms with Crippen molar-refractivity contribution in [1.29, 1.82) is 0 Å². The van der Waals surface area contributed by atoms with Gasteiger partial charge in [-0.2, -0.15) is 0 Å². The number of nitrogens with one attached hydrogen (secondary N) is 2. The Hall–Kier alpha value is -2.47. The molecular formula is C19H23N3O2S. The molecule has 0 bridgehead atoms. The molecule has 0 aliphatic rings. The second-order valence-electron chi connectivity index (χ2n) is 6.00. The molecule has 0 aromatic heterocycles. The van der Waals surface area contributed by atoms with Gasteiger partial charge in [0, 0.05) is 30.2 Å². The molecule has 0 fully saturated rings. The Morgan fingerprint density at radius 1 is 1.04 bits per heavy atom. The molecule has 0 aliphatic carbocycles. The number of hydrazine groups is 1. The lowest BCUT2D eigenvalue weighted by Crippen LogP contribution is -2.42. The average Bonchev–Trinajstić information content (AvgIpc) is 2.60. The maximum atomic E-state index is 12.1. The monoisotopic (exact) mass is 357 g/mol. The highest BCUT2D eigenvalue weighted by molar-refractivity contribution is 8.00. The Kier molecular flexibility index (Phi) is 6.47. The molecule has 25 heavy (non-hydrogen) atoms. The van der Waals surface area contributed by atoms with Crippen LogP contribution in [0, 0.1) is 13.8 Å². The number of nitrogens with zero attached hydrogens (tertiary/aromatic N) is 1. The van der Waals surface area contributed by atoms with E-state index in [1.807, 2.05) is 57.1 Å². The fourth-order valence-electron chi connectivity index (χ4n) is 2.17. The minimum atomic E-state index is -0.339. The van der Waals surface area contributed by atoms with E-state index >= 15 is 0 Å². The molecule has 0 saturated heterocycles. The van der Waals surface area contributed by atoms with Crippen LogP contribution in [0.5, 0.6) is 0 Å². The van der Waals surface area contributed by atoms with Crippen molar-refractivity contribution in [1.82, 2.24) is 10.9 Å². The molecule has 0 spiro atoms. The van der Waals surface area contributed by atoms with Crippen LogP contribution in [-0.2, 0) is 4.79 Å². The Labute approximate surface area is 152 Å². The summed E-state index contributed by atoms with van der Waals surface area (Å²) in [4.78, 5) is 27.1. The number of carbonyl (C=O) groups is 2. The number of benzene rings is 2. The summed E-state index contributed by atoms with van der Waals surface area (Å²) in [5.41, 5.74) is 8.62. The molecular weight excluding hydrogens is 334 g/mol. The van der Waals surface area contributed by atoms with Crippen LogP contribution in [0.25, 0.3) is 0 Å². The van der Waals surface area contributed by atoms with E-state index in [4.69, 9.17) is 0 Å². The quantitative estimate of drug-likeness (QED) is 0.638. The van der Waals surface area contributed by atoms with Gasteiger partial charge in [0.15, 0.2) is 0 Å². The van der Waals surface area contributed by atoms with E-state index in [2.05, 4.69) is 16.9 Å². The maximum absolute atomic E-state index is 12.1. The van der Waals surface area contributed by atoms with Gasteiger partial charge in [-0.1, -0.05) is 23.8 Å². The summed E-state index contributed by atoms with van der Waals surface area (Å²) in [7, 11) is 3.81. The van der Waals surface area contributed by atoms with Crippen molar-refractivity contribution in [2.75, 3.05) is 24.7 Å². The molecule has 2 N–H and O–H groups in total. The number of hydrogen-bond donors (Lipinski definition) is 2. The molecule has 0 unspecified atom stereocenters. The average molecular weight is 357 g/mol. The fraction of sp³-hybridized carbons (Fsp3) is 0.263. The maximum Gasteiger partial charge on any atom is 0.269 e. The van der Waals surface area contributed by atoms with Crippen molar-refractivity contribution < 1.29 is 9.59 Å². The largest absolute Gasteiger partial charge is 0.378 e. The van der Waals surface area contributed by atoms with Gasteiger partial charge in [0.05, 0.1) is 5.75 Å². The minimum absolute atomic E-state index is 0.238. The highest BCUT2D eigenvalue weighted by Crippen LogP contribution is 2.23. The Morgan fingerprint density at radius 2 is 1.80 bits per heavy atom. The summed E-state index contributed by atoms with van der Waals surface area (Å²) in [5.74, 6) is -0.348. The van der Waals surface area contributed by atoms with Crippen molar-refractivity contribution >= 4 is 29.3 Å². The minimum Gasteiger partial charge on any atom is -0.378 e. The van der Waals surface area contributed by atoms with Gasteiger partial charge in [-0.05, 0) is 43.7 Å². The van der Waals surface area contributed by atoms with E-state index in [-0.39, 0.29) is 17.6 Å². The van der Waals surface area contributed by atoms with Crippen LogP contribution < -0.4 is 15.8 Å². The zero-order chi connectivity index (χ0) is 18.4. The van der Waals surface area contributed by atoms with Crippen LogP contribution in [0.4, 0.5) is 5.69 Å². The molecule has 5 nitrogen and oxygen atoms in total. The van der Waals surface area contributed by atoms with E-state index in [1.165, 1.54) is 11.8 Å². The van der Waals surface area contributed by atoms with Gasteiger partial charge in [0.25, 0.3) is 5.91 Å². The summed E-state index contributed by atoms with van der Waals surface area (Å²) in [6.07, 6.45) is 0.